The lowest BCUT2D eigenvalue weighted by molar-refractivity contribution is 0.112. The summed E-state index contributed by atoms with van der Waals surface area (Å²) in [6.45, 7) is 2.71. The molecule has 2 rings (SSSR count). The number of rotatable bonds is 10. The molecule has 1 heterocycles. The van der Waals surface area contributed by atoms with Crippen molar-refractivity contribution < 1.29 is 14.3 Å². The van der Waals surface area contributed by atoms with Crippen molar-refractivity contribution in [2.45, 2.75) is 31.3 Å². The van der Waals surface area contributed by atoms with E-state index >= 15 is 0 Å². The minimum Gasteiger partial charge on any atom is -0.493 e. The number of aldehydes is 1. The van der Waals surface area contributed by atoms with E-state index in [1.54, 1.807) is 37.1 Å². The van der Waals surface area contributed by atoms with Crippen LogP contribution in [0.15, 0.2) is 23.4 Å². The number of benzene rings is 1. The third-order valence-electron chi connectivity index (χ3n) is 3.50. The summed E-state index contributed by atoms with van der Waals surface area (Å²) in [5, 5.41) is 9.36. The number of aromatic nitrogens is 3. The first-order valence-corrected chi connectivity index (χ1v) is 8.95. The Balaban J connectivity index is 1.78. The van der Waals surface area contributed by atoms with E-state index in [0.29, 0.717) is 23.7 Å². The minimum absolute atomic E-state index is 0.569. The summed E-state index contributed by atoms with van der Waals surface area (Å²) in [4.78, 5) is 10.8. The number of carbonyl (C=O) groups excluding carboxylic acids is 1. The SMILES string of the molecule is CCCc1nnc(SCCCOc2ccc(C=O)cc2OC)n1C. The molecule has 0 spiro atoms. The van der Waals surface area contributed by atoms with Gasteiger partial charge < -0.3 is 14.0 Å². The first kappa shape index (κ1) is 18.3. The molecule has 130 valence electrons. The van der Waals surface area contributed by atoms with E-state index in [2.05, 4.69) is 21.7 Å². The third-order valence-corrected chi connectivity index (χ3v) is 4.61. The van der Waals surface area contributed by atoms with E-state index in [9.17, 15) is 4.79 Å². The molecule has 0 bridgehead atoms. The summed E-state index contributed by atoms with van der Waals surface area (Å²) in [5.41, 5.74) is 0.569. The Morgan fingerprint density at radius 3 is 2.83 bits per heavy atom. The van der Waals surface area contributed by atoms with Gasteiger partial charge in [0.2, 0.25) is 0 Å². The molecule has 0 aliphatic rings. The highest BCUT2D eigenvalue weighted by atomic mass is 32.2. The van der Waals surface area contributed by atoms with Crippen LogP contribution in [0.4, 0.5) is 0 Å². The summed E-state index contributed by atoms with van der Waals surface area (Å²) >= 11 is 1.68. The van der Waals surface area contributed by atoms with Gasteiger partial charge >= 0.3 is 0 Å². The molecule has 0 radical (unpaired) electrons. The van der Waals surface area contributed by atoms with Gasteiger partial charge in [0.15, 0.2) is 16.7 Å². The van der Waals surface area contributed by atoms with Crippen molar-refractivity contribution in [3.05, 3.63) is 29.6 Å². The Bertz CT molecular complexity index is 673. The maximum Gasteiger partial charge on any atom is 0.190 e. The van der Waals surface area contributed by atoms with Crippen LogP contribution in [0.2, 0.25) is 0 Å². The van der Waals surface area contributed by atoms with Gasteiger partial charge in [-0.1, -0.05) is 18.7 Å². The quantitative estimate of drug-likeness (QED) is 0.373. The Labute approximate surface area is 146 Å². The van der Waals surface area contributed by atoms with Crippen LogP contribution in [-0.4, -0.2) is 40.5 Å². The number of carbonyl (C=O) groups is 1. The van der Waals surface area contributed by atoms with Crippen LogP contribution in [-0.2, 0) is 13.5 Å². The fourth-order valence-corrected chi connectivity index (χ4v) is 3.04. The molecule has 6 nitrogen and oxygen atoms in total. The molecule has 0 atom stereocenters. The molecule has 0 aliphatic carbocycles. The zero-order chi connectivity index (χ0) is 17.4. The van der Waals surface area contributed by atoms with Gasteiger partial charge in [-0.25, -0.2) is 0 Å². The summed E-state index contributed by atoms with van der Waals surface area (Å²) < 4.78 is 13.0. The Kier molecular flexibility index (Phi) is 7.11. The van der Waals surface area contributed by atoms with Crippen molar-refractivity contribution in [2.75, 3.05) is 19.5 Å². The predicted molar refractivity (Wildman–Crippen MR) is 94.2 cm³/mol. The van der Waals surface area contributed by atoms with Gasteiger partial charge in [0.1, 0.15) is 12.1 Å². The van der Waals surface area contributed by atoms with Crippen LogP contribution in [0.1, 0.15) is 35.9 Å². The first-order valence-electron chi connectivity index (χ1n) is 7.96. The zero-order valence-corrected chi connectivity index (χ0v) is 15.1. The van der Waals surface area contributed by atoms with Crippen LogP contribution in [0.3, 0.4) is 0 Å². The van der Waals surface area contributed by atoms with Gasteiger partial charge in [-0.2, -0.15) is 0 Å². The topological polar surface area (TPSA) is 66.2 Å². The highest BCUT2D eigenvalue weighted by Gasteiger charge is 2.09. The van der Waals surface area contributed by atoms with Crippen molar-refractivity contribution in [1.82, 2.24) is 14.8 Å². The highest BCUT2D eigenvalue weighted by Crippen LogP contribution is 2.28. The molecule has 2 aromatic rings. The van der Waals surface area contributed by atoms with Crippen molar-refractivity contribution in [3.8, 4) is 11.5 Å². The number of hydrogen-bond donors (Lipinski definition) is 0. The molecule has 0 aliphatic heterocycles. The van der Waals surface area contributed by atoms with E-state index in [1.807, 2.05) is 7.05 Å². The summed E-state index contributed by atoms with van der Waals surface area (Å²) in [6.07, 6.45) is 3.68. The predicted octanol–water partition coefficient (Wildman–Crippen LogP) is 3.15. The Hall–Kier alpha value is -2.02. The van der Waals surface area contributed by atoms with Gasteiger partial charge in [-0.05, 0) is 31.0 Å². The van der Waals surface area contributed by atoms with Gasteiger partial charge in [0.05, 0.1) is 13.7 Å². The molecular weight excluding hydrogens is 326 g/mol. The average molecular weight is 349 g/mol. The molecule has 0 saturated heterocycles. The lowest BCUT2D eigenvalue weighted by atomic mass is 10.2. The first-order chi connectivity index (χ1) is 11.7. The number of methoxy groups -OCH3 is 1. The second kappa shape index (κ2) is 9.32. The summed E-state index contributed by atoms with van der Waals surface area (Å²) in [6, 6.07) is 5.15. The van der Waals surface area contributed by atoms with E-state index in [0.717, 1.165) is 42.3 Å². The maximum atomic E-state index is 10.8. The van der Waals surface area contributed by atoms with Crippen LogP contribution in [0.5, 0.6) is 11.5 Å². The molecule has 24 heavy (non-hydrogen) atoms. The standard InChI is InChI=1S/C17H23N3O3S/c1-4-6-16-18-19-17(20(16)2)24-10-5-9-23-14-8-7-13(12-21)11-15(14)22-3/h7-8,11-12H,4-6,9-10H2,1-3H3. The lowest BCUT2D eigenvalue weighted by Gasteiger charge is -2.10. The second-order valence-electron chi connectivity index (χ2n) is 5.29. The zero-order valence-electron chi connectivity index (χ0n) is 14.3. The molecule has 0 unspecified atom stereocenters. The van der Waals surface area contributed by atoms with E-state index in [-0.39, 0.29) is 0 Å². The molecule has 1 aromatic carbocycles. The molecule has 0 amide bonds. The van der Waals surface area contributed by atoms with Crippen molar-refractivity contribution in [3.63, 3.8) is 0 Å². The van der Waals surface area contributed by atoms with Gasteiger partial charge in [0, 0.05) is 24.8 Å². The fourth-order valence-electron chi connectivity index (χ4n) is 2.19. The van der Waals surface area contributed by atoms with Gasteiger partial charge in [0.25, 0.3) is 0 Å². The molecular formula is C17H23N3O3S. The van der Waals surface area contributed by atoms with Crippen molar-refractivity contribution in [2.24, 2.45) is 7.05 Å². The van der Waals surface area contributed by atoms with Gasteiger partial charge in [-0.3, -0.25) is 4.79 Å². The number of nitrogens with zero attached hydrogens (tertiary/aromatic N) is 3. The molecule has 0 saturated carbocycles. The summed E-state index contributed by atoms with van der Waals surface area (Å²) in [5.74, 6) is 3.14. The molecule has 7 heteroatoms. The number of aryl methyl sites for hydroxylation is 1. The fraction of sp³-hybridized carbons (Fsp3) is 0.471. The lowest BCUT2D eigenvalue weighted by Crippen LogP contribution is -2.02. The average Bonchev–Trinajstić information content (AvgIpc) is 2.95. The highest BCUT2D eigenvalue weighted by molar-refractivity contribution is 7.99. The molecule has 1 aromatic heterocycles. The van der Waals surface area contributed by atoms with Crippen LogP contribution < -0.4 is 9.47 Å². The van der Waals surface area contributed by atoms with E-state index < -0.39 is 0 Å². The van der Waals surface area contributed by atoms with E-state index in [4.69, 9.17) is 9.47 Å². The third kappa shape index (κ3) is 4.74. The van der Waals surface area contributed by atoms with Crippen molar-refractivity contribution in [1.29, 1.82) is 0 Å². The van der Waals surface area contributed by atoms with Gasteiger partial charge in [-0.15, -0.1) is 10.2 Å². The maximum absolute atomic E-state index is 10.8. The monoisotopic (exact) mass is 349 g/mol. The van der Waals surface area contributed by atoms with Crippen molar-refractivity contribution >= 4 is 18.0 Å². The second-order valence-corrected chi connectivity index (χ2v) is 6.35. The van der Waals surface area contributed by atoms with Crippen LogP contribution >= 0.6 is 11.8 Å². The Morgan fingerprint density at radius 1 is 1.29 bits per heavy atom. The Morgan fingerprint density at radius 2 is 2.12 bits per heavy atom. The number of ether oxygens (including phenoxy) is 2. The minimum atomic E-state index is 0.569. The van der Waals surface area contributed by atoms with Crippen LogP contribution in [0, 0.1) is 0 Å². The van der Waals surface area contributed by atoms with Crippen LogP contribution in [0.25, 0.3) is 0 Å². The molecule has 0 N–H and O–H groups in total. The largest absolute Gasteiger partial charge is 0.493 e. The van der Waals surface area contributed by atoms with E-state index in [1.165, 1.54) is 0 Å². The number of thioether (sulfide) groups is 1. The smallest absolute Gasteiger partial charge is 0.190 e. The molecule has 0 fully saturated rings. The normalized spacial score (nSPS) is 10.6. The number of hydrogen-bond acceptors (Lipinski definition) is 6. The summed E-state index contributed by atoms with van der Waals surface area (Å²) in [7, 11) is 3.57.